The fraction of sp³-hybridized carbons (Fsp3) is 0.500. The smallest absolute Gasteiger partial charge is 0.262 e. The van der Waals surface area contributed by atoms with Gasteiger partial charge in [0, 0.05) is 0 Å². The largest absolute Gasteiger partial charge is 0.482 e. The lowest BCUT2D eigenvalue weighted by Crippen LogP contribution is -2.60. The van der Waals surface area contributed by atoms with Crippen molar-refractivity contribution in [3.05, 3.63) is 23.8 Å². The summed E-state index contributed by atoms with van der Waals surface area (Å²) < 4.78 is 10.6. The van der Waals surface area contributed by atoms with E-state index in [1.165, 1.54) is 0 Å². The molecule has 1 aromatic rings. The predicted molar refractivity (Wildman–Crippen MR) is 69.4 cm³/mol. The van der Waals surface area contributed by atoms with Gasteiger partial charge in [0.2, 0.25) is 0 Å². The molecule has 0 bridgehead atoms. The molecule has 1 saturated heterocycles. The van der Waals surface area contributed by atoms with E-state index >= 15 is 0 Å². The van der Waals surface area contributed by atoms with Gasteiger partial charge in [0.05, 0.1) is 29.9 Å². The highest BCUT2D eigenvalue weighted by Crippen LogP contribution is 2.44. The topological polar surface area (TPSA) is 67.8 Å². The van der Waals surface area contributed by atoms with E-state index in [1.807, 2.05) is 18.2 Å². The van der Waals surface area contributed by atoms with Gasteiger partial charge in [0.15, 0.2) is 6.61 Å². The van der Waals surface area contributed by atoms with Crippen LogP contribution < -0.4 is 10.1 Å². The number of anilines is 1. The summed E-state index contributed by atoms with van der Waals surface area (Å²) in [7, 11) is 0. The number of hydrogen-bond acceptors (Lipinski definition) is 4. The van der Waals surface area contributed by atoms with Crippen LogP contribution >= 0.6 is 0 Å². The van der Waals surface area contributed by atoms with Gasteiger partial charge in [-0.2, -0.15) is 0 Å². The SMILES string of the molecule is CC(C)(O)C1(c2ccc3c(c2)NC(=O)CO3)COC1. The molecule has 1 fully saturated rings. The van der Waals surface area contributed by atoms with Gasteiger partial charge < -0.3 is 19.9 Å². The third-order valence-corrected chi connectivity index (χ3v) is 4.03. The van der Waals surface area contributed by atoms with Crippen molar-refractivity contribution in [1.82, 2.24) is 0 Å². The van der Waals surface area contributed by atoms with Crippen molar-refractivity contribution in [3.8, 4) is 5.75 Å². The zero-order chi connectivity index (χ0) is 13.7. The van der Waals surface area contributed by atoms with Gasteiger partial charge in [-0.1, -0.05) is 6.07 Å². The second-order valence-electron chi connectivity index (χ2n) is 5.68. The van der Waals surface area contributed by atoms with E-state index in [9.17, 15) is 9.90 Å². The third-order valence-electron chi connectivity index (χ3n) is 4.03. The molecule has 2 aliphatic rings. The van der Waals surface area contributed by atoms with Gasteiger partial charge in [-0.15, -0.1) is 0 Å². The highest BCUT2D eigenvalue weighted by molar-refractivity contribution is 5.95. The molecule has 1 aromatic carbocycles. The highest BCUT2D eigenvalue weighted by Gasteiger charge is 2.51. The van der Waals surface area contributed by atoms with E-state index < -0.39 is 11.0 Å². The number of rotatable bonds is 2. The first kappa shape index (κ1) is 12.4. The molecule has 0 aliphatic carbocycles. The fourth-order valence-electron chi connectivity index (χ4n) is 2.56. The molecule has 5 nitrogen and oxygen atoms in total. The Morgan fingerprint density at radius 3 is 2.68 bits per heavy atom. The average molecular weight is 263 g/mol. The Kier molecular flexibility index (Phi) is 2.59. The molecule has 102 valence electrons. The van der Waals surface area contributed by atoms with Crippen LogP contribution in [0, 0.1) is 0 Å². The number of benzene rings is 1. The Balaban J connectivity index is 2.02. The molecule has 2 N–H and O–H groups in total. The van der Waals surface area contributed by atoms with Crippen LogP contribution in [0.5, 0.6) is 5.75 Å². The Bertz CT molecular complexity index is 529. The first-order chi connectivity index (χ1) is 8.92. The van der Waals surface area contributed by atoms with Crippen LogP contribution in [0.15, 0.2) is 18.2 Å². The Morgan fingerprint density at radius 2 is 2.11 bits per heavy atom. The standard InChI is InChI=1S/C14H17NO4/c1-13(2,17)14(7-18-8-14)9-3-4-11-10(5-9)15-12(16)6-19-11/h3-5,17H,6-8H2,1-2H3,(H,15,16). The number of fused-ring (bicyclic) bond motifs is 1. The lowest BCUT2D eigenvalue weighted by atomic mass is 9.67. The molecule has 0 saturated carbocycles. The minimum absolute atomic E-state index is 0.0477. The molecule has 0 aromatic heterocycles. The van der Waals surface area contributed by atoms with Crippen LogP contribution in [-0.2, 0) is 14.9 Å². The van der Waals surface area contributed by atoms with E-state index in [4.69, 9.17) is 9.47 Å². The van der Waals surface area contributed by atoms with Gasteiger partial charge >= 0.3 is 0 Å². The first-order valence-electron chi connectivity index (χ1n) is 6.30. The first-order valence-corrected chi connectivity index (χ1v) is 6.30. The van der Waals surface area contributed by atoms with Crippen molar-refractivity contribution < 1.29 is 19.4 Å². The number of hydrogen-bond donors (Lipinski definition) is 2. The number of ether oxygens (including phenoxy) is 2. The minimum Gasteiger partial charge on any atom is -0.482 e. The van der Waals surface area contributed by atoms with Gasteiger partial charge in [-0.05, 0) is 31.5 Å². The van der Waals surface area contributed by atoms with Crippen molar-refractivity contribution in [3.63, 3.8) is 0 Å². The summed E-state index contributed by atoms with van der Waals surface area (Å²) in [5.41, 5.74) is 0.295. The number of carbonyl (C=O) groups is 1. The summed E-state index contributed by atoms with van der Waals surface area (Å²) in [5, 5.41) is 13.2. The van der Waals surface area contributed by atoms with Gasteiger partial charge in [0.25, 0.3) is 5.91 Å². The number of nitrogens with one attached hydrogen (secondary N) is 1. The number of aliphatic hydroxyl groups is 1. The van der Waals surface area contributed by atoms with Crippen molar-refractivity contribution in [2.45, 2.75) is 24.9 Å². The molecule has 0 spiro atoms. The van der Waals surface area contributed by atoms with Crippen LogP contribution in [0.4, 0.5) is 5.69 Å². The van der Waals surface area contributed by atoms with E-state index in [0.717, 1.165) is 5.56 Å². The quantitative estimate of drug-likeness (QED) is 0.837. The predicted octanol–water partition coefficient (Wildman–Crippen LogP) is 1.06. The molecule has 5 heteroatoms. The van der Waals surface area contributed by atoms with E-state index in [2.05, 4.69) is 5.32 Å². The summed E-state index contributed by atoms with van der Waals surface area (Å²) in [6.07, 6.45) is 0. The van der Waals surface area contributed by atoms with E-state index in [1.54, 1.807) is 13.8 Å². The monoisotopic (exact) mass is 263 g/mol. The highest BCUT2D eigenvalue weighted by atomic mass is 16.5. The molecular formula is C14H17NO4. The second-order valence-corrected chi connectivity index (χ2v) is 5.68. The van der Waals surface area contributed by atoms with Gasteiger partial charge in [0.1, 0.15) is 5.75 Å². The Hall–Kier alpha value is -1.59. The average Bonchev–Trinajstić information content (AvgIpc) is 2.24. The number of amides is 1. The minimum atomic E-state index is -0.890. The Morgan fingerprint density at radius 1 is 1.37 bits per heavy atom. The van der Waals surface area contributed by atoms with E-state index in [-0.39, 0.29) is 12.5 Å². The number of carbonyl (C=O) groups excluding carboxylic acids is 1. The fourth-order valence-corrected chi connectivity index (χ4v) is 2.56. The van der Waals surface area contributed by atoms with Crippen LogP contribution in [0.2, 0.25) is 0 Å². The van der Waals surface area contributed by atoms with Crippen molar-refractivity contribution in [2.24, 2.45) is 0 Å². The molecule has 1 amide bonds. The lowest BCUT2D eigenvalue weighted by Gasteiger charge is -2.50. The second kappa shape index (κ2) is 3.95. The van der Waals surface area contributed by atoms with Gasteiger partial charge in [-0.3, -0.25) is 4.79 Å². The maximum absolute atomic E-state index is 11.4. The van der Waals surface area contributed by atoms with Crippen LogP contribution in [0.3, 0.4) is 0 Å². The molecule has 0 radical (unpaired) electrons. The third kappa shape index (κ3) is 1.81. The maximum Gasteiger partial charge on any atom is 0.262 e. The lowest BCUT2D eigenvalue weighted by molar-refractivity contribution is -0.157. The zero-order valence-corrected chi connectivity index (χ0v) is 11.0. The molecule has 0 atom stereocenters. The Labute approximate surface area is 111 Å². The summed E-state index contributed by atoms with van der Waals surface area (Å²) in [6.45, 7) is 4.56. The summed E-state index contributed by atoms with van der Waals surface area (Å²) in [5.74, 6) is 0.501. The molecular weight excluding hydrogens is 246 g/mol. The summed E-state index contributed by atoms with van der Waals surface area (Å²) in [6, 6.07) is 5.62. The maximum atomic E-state index is 11.4. The normalized spacial score (nSPS) is 20.9. The van der Waals surface area contributed by atoms with E-state index in [0.29, 0.717) is 24.7 Å². The molecule has 19 heavy (non-hydrogen) atoms. The van der Waals surface area contributed by atoms with Crippen LogP contribution in [-0.4, -0.2) is 36.4 Å². The van der Waals surface area contributed by atoms with Crippen LogP contribution in [0.1, 0.15) is 19.4 Å². The van der Waals surface area contributed by atoms with Crippen molar-refractivity contribution in [2.75, 3.05) is 25.1 Å². The van der Waals surface area contributed by atoms with Crippen molar-refractivity contribution in [1.29, 1.82) is 0 Å². The molecule has 3 rings (SSSR count). The van der Waals surface area contributed by atoms with Crippen LogP contribution in [0.25, 0.3) is 0 Å². The van der Waals surface area contributed by atoms with Gasteiger partial charge in [-0.25, -0.2) is 0 Å². The zero-order valence-electron chi connectivity index (χ0n) is 11.0. The van der Waals surface area contributed by atoms with Crippen molar-refractivity contribution >= 4 is 11.6 Å². The summed E-state index contributed by atoms with van der Waals surface area (Å²) in [4.78, 5) is 11.4. The molecule has 0 unspecified atom stereocenters. The summed E-state index contributed by atoms with van der Waals surface area (Å²) >= 11 is 0. The molecule has 2 heterocycles. The molecule has 2 aliphatic heterocycles.